The van der Waals surface area contributed by atoms with Crippen molar-refractivity contribution in [2.45, 2.75) is 45.2 Å². The van der Waals surface area contributed by atoms with Gasteiger partial charge in [0.2, 0.25) is 0 Å². The van der Waals surface area contributed by atoms with Gasteiger partial charge >= 0.3 is 0 Å². The number of hydrogen-bond acceptors (Lipinski definition) is 3. The monoisotopic (exact) mass is 250 g/mol. The van der Waals surface area contributed by atoms with E-state index in [1.807, 2.05) is 27.0 Å². The third kappa shape index (κ3) is 3.32. The topological polar surface area (TPSA) is 59.0 Å². The van der Waals surface area contributed by atoms with Crippen LogP contribution in [0.25, 0.3) is 0 Å². The lowest BCUT2D eigenvalue weighted by molar-refractivity contribution is 0.0914. The number of nitrogens with zero attached hydrogens (tertiary/aromatic N) is 2. The smallest absolute Gasteiger partial charge is 0.271 e. The molecule has 1 aromatic rings. The van der Waals surface area contributed by atoms with Gasteiger partial charge < -0.3 is 15.2 Å². The van der Waals surface area contributed by atoms with Crippen LogP contribution < -0.4 is 10.6 Å². The molecule has 1 aliphatic heterocycles. The zero-order valence-electron chi connectivity index (χ0n) is 11.4. The van der Waals surface area contributed by atoms with Crippen LogP contribution in [-0.2, 0) is 0 Å². The summed E-state index contributed by atoms with van der Waals surface area (Å²) < 4.78 is 2.07. The summed E-state index contributed by atoms with van der Waals surface area (Å²) in [5, 5.41) is 6.26. The number of imidazole rings is 1. The lowest BCUT2D eigenvalue weighted by Crippen LogP contribution is -2.40. The number of hydrogen-bond donors (Lipinski definition) is 2. The van der Waals surface area contributed by atoms with Gasteiger partial charge in [0.15, 0.2) is 0 Å². The predicted octanol–water partition coefficient (Wildman–Crippen LogP) is 1.34. The van der Waals surface area contributed by atoms with Crippen molar-refractivity contribution in [3.8, 4) is 0 Å². The van der Waals surface area contributed by atoms with E-state index in [0.29, 0.717) is 11.7 Å². The first-order valence-electron chi connectivity index (χ1n) is 6.52. The average molecular weight is 250 g/mol. The Balaban J connectivity index is 2.03. The molecule has 0 radical (unpaired) electrons. The molecule has 1 aliphatic rings. The Morgan fingerprint density at radius 3 is 2.72 bits per heavy atom. The molecule has 2 heterocycles. The Bertz CT molecular complexity index is 413. The molecule has 0 aliphatic carbocycles. The summed E-state index contributed by atoms with van der Waals surface area (Å²) in [6, 6.07) is 0.468. The molecule has 0 spiro atoms. The minimum absolute atomic E-state index is 0.102. The van der Waals surface area contributed by atoms with Gasteiger partial charge in [0.25, 0.3) is 5.91 Å². The van der Waals surface area contributed by atoms with Crippen LogP contribution in [0.3, 0.4) is 0 Å². The quantitative estimate of drug-likeness (QED) is 0.832. The van der Waals surface area contributed by atoms with E-state index in [4.69, 9.17) is 0 Å². The molecule has 1 fully saturated rings. The van der Waals surface area contributed by atoms with Crippen LogP contribution in [-0.4, -0.2) is 34.1 Å². The lowest BCUT2D eigenvalue weighted by Gasteiger charge is -2.23. The Kier molecular flexibility index (Phi) is 3.71. The van der Waals surface area contributed by atoms with E-state index in [1.54, 1.807) is 6.33 Å². The summed E-state index contributed by atoms with van der Waals surface area (Å²) in [6.45, 7) is 7.97. The first-order chi connectivity index (χ1) is 8.46. The van der Waals surface area contributed by atoms with E-state index >= 15 is 0 Å². The van der Waals surface area contributed by atoms with Crippen LogP contribution in [0, 0.1) is 0 Å². The maximum absolute atomic E-state index is 12.0. The van der Waals surface area contributed by atoms with Crippen molar-refractivity contribution in [2.24, 2.45) is 0 Å². The molecule has 0 aromatic carbocycles. The first-order valence-corrected chi connectivity index (χ1v) is 6.52. The van der Waals surface area contributed by atoms with Crippen molar-refractivity contribution in [3.05, 3.63) is 18.2 Å². The Hall–Kier alpha value is -1.36. The van der Waals surface area contributed by atoms with Gasteiger partial charge in [-0.15, -0.1) is 0 Å². The summed E-state index contributed by atoms with van der Waals surface area (Å²) in [4.78, 5) is 16.2. The number of nitrogens with one attached hydrogen (secondary N) is 2. The van der Waals surface area contributed by atoms with Gasteiger partial charge in [0, 0.05) is 17.8 Å². The SMILES string of the molecule is CC(C)(C)NC(=O)c1cn(C2CCNCC2)cn1. The van der Waals surface area contributed by atoms with Gasteiger partial charge in [0.05, 0.1) is 6.33 Å². The standard InChI is InChI=1S/C13H22N4O/c1-13(2,3)16-12(18)11-8-17(9-15-11)10-4-6-14-7-5-10/h8-10,14H,4-7H2,1-3H3,(H,16,18). The zero-order valence-corrected chi connectivity index (χ0v) is 11.4. The van der Waals surface area contributed by atoms with Crippen molar-refractivity contribution in [1.82, 2.24) is 20.2 Å². The van der Waals surface area contributed by atoms with Crippen LogP contribution in [0.5, 0.6) is 0 Å². The van der Waals surface area contributed by atoms with Gasteiger partial charge in [-0.25, -0.2) is 4.98 Å². The number of piperidine rings is 1. The zero-order chi connectivity index (χ0) is 13.2. The molecule has 1 saturated heterocycles. The number of carbonyl (C=O) groups excluding carboxylic acids is 1. The van der Waals surface area contributed by atoms with Crippen LogP contribution in [0.1, 0.15) is 50.1 Å². The minimum atomic E-state index is -0.227. The van der Waals surface area contributed by atoms with Crippen molar-refractivity contribution in [1.29, 1.82) is 0 Å². The predicted molar refractivity (Wildman–Crippen MR) is 70.6 cm³/mol. The second kappa shape index (κ2) is 5.10. The van der Waals surface area contributed by atoms with E-state index in [0.717, 1.165) is 25.9 Å². The first kappa shape index (κ1) is 13.1. The molecular weight excluding hydrogens is 228 g/mol. The van der Waals surface area contributed by atoms with Gasteiger partial charge in [-0.1, -0.05) is 0 Å². The number of aromatic nitrogens is 2. The molecular formula is C13H22N4O. The largest absolute Gasteiger partial charge is 0.346 e. The van der Waals surface area contributed by atoms with Crippen molar-refractivity contribution in [2.75, 3.05) is 13.1 Å². The molecule has 2 N–H and O–H groups in total. The van der Waals surface area contributed by atoms with E-state index in [9.17, 15) is 4.79 Å². The van der Waals surface area contributed by atoms with Crippen LogP contribution >= 0.6 is 0 Å². The molecule has 0 unspecified atom stereocenters. The highest BCUT2D eigenvalue weighted by Crippen LogP contribution is 2.18. The molecule has 2 rings (SSSR count). The van der Waals surface area contributed by atoms with Gasteiger partial charge in [-0.05, 0) is 46.7 Å². The summed E-state index contributed by atoms with van der Waals surface area (Å²) in [7, 11) is 0. The van der Waals surface area contributed by atoms with E-state index in [-0.39, 0.29) is 11.4 Å². The van der Waals surface area contributed by atoms with E-state index < -0.39 is 0 Å². The summed E-state index contributed by atoms with van der Waals surface area (Å²) >= 11 is 0. The maximum atomic E-state index is 12.0. The highest BCUT2D eigenvalue weighted by atomic mass is 16.2. The molecule has 5 heteroatoms. The number of amides is 1. The lowest BCUT2D eigenvalue weighted by atomic mass is 10.1. The van der Waals surface area contributed by atoms with Gasteiger partial charge in [0.1, 0.15) is 5.69 Å². The maximum Gasteiger partial charge on any atom is 0.271 e. The average Bonchev–Trinajstić information content (AvgIpc) is 2.77. The molecule has 5 nitrogen and oxygen atoms in total. The Morgan fingerprint density at radius 1 is 1.44 bits per heavy atom. The third-order valence-corrected chi connectivity index (χ3v) is 3.05. The second-order valence-corrected chi connectivity index (χ2v) is 5.89. The molecule has 1 aromatic heterocycles. The van der Waals surface area contributed by atoms with Crippen molar-refractivity contribution >= 4 is 5.91 Å². The molecule has 100 valence electrons. The molecule has 0 atom stereocenters. The summed E-state index contributed by atoms with van der Waals surface area (Å²) in [5.74, 6) is -0.102. The van der Waals surface area contributed by atoms with E-state index in [2.05, 4.69) is 20.2 Å². The normalized spacial score (nSPS) is 17.7. The van der Waals surface area contributed by atoms with Crippen LogP contribution in [0.4, 0.5) is 0 Å². The second-order valence-electron chi connectivity index (χ2n) is 5.89. The number of rotatable bonds is 2. The van der Waals surface area contributed by atoms with E-state index in [1.165, 1.54) is 0 Å². The highest BCUT2D eigenvalue weighted by molar-refractivity contribution is 5.92. The Morgan fingerprint density at radius 2 is 2.11 bits per heavy atom. The van der Waals surface area contributed by atoms with Gasteiger partial charge in [-0.2, -0.15) is 0 Å². The molecule has 0 saturated carbocycles. The van der Waals surface area contributed by atoms with Crippen LogP contribution in [0.2, 0.25) is 0 Å². The van der Waals surface area contributed by atoms with Gasteiger partial charge in [-0.3, -0.25) is 4.79 Å². The molecule has 1 amide bonds. The third-order valence-electron chi connectivity index (χ3n) is 3.05. The molecule has 0 bridgehead atoms. The fourth-order valence-corrected chi connectivity index (χ4v) is 2.16. The Labute approximate surface area is 108 Å². The van der Waals surface area contributed by atoms with Crippen molar-refractivity contribution in [3.63, 3.8) is 0 Å². The number of carbonyl (C=O) groups is 1. The fourth-order valence-electron chi connectivity index (χ4n) is 2.16. The summed E-state index contributed by atoms with van der Waals surface area (Å²) in [5.41, 5.74) is 0.277. The summed E-state index contributed by atoms with van der Waals surface area (Å²) in [6.07, 6.45) is 5.82. The molecule has 18 heavy (non-hydrogen) atoms. The van der Waals surface area contributed by atoms with Crippen molar-refractivity contribution < 1.29 is 4.79 Å². The highest BCUT2D eigenvalue weighted by Gasteiger charge is 2.19. The fraction of sp³-hybridized carbons (Fsp3) is 0.692. The van der Waals surface area contributed by atoms with Crippen LogP contribution in [0.15, 0.2) is 12.5 Å². The minimum Gasteiger partial charge on any atom is -0.346 e.